The molecule has 0 amide bonds. The Labute approximate surface area is 144 Å². The number of anilines is 1. The molecule has 4 nitrogen and oxygen atoms in total. The first kappa shape index (κ1) is 16.5. The monoisotopic (exact) mass is 322 g/mol. The summed E-state index contributed by atoms with van der Waals surface area (Å²) in [6.07, 6.45) is 3.88. The molecule has 2 aromatic heterocycles. The van der Waals surface area contributed by atoms with E-state index in [2.05, 4.69) is 79.4 Å². The second-order valence-corrected chi connectivity index (χ2v) is 6.49. The minimum Gasteiger partial charge on any atom is -0.355 e. The highest BCUT2D eigenvalue weighted by molar-refractivity contribution is 5.99. The van der Waals surface area contributed by atoms with Gasteiger partial charge in [0.15, 0.2) is 5.82 Å². The van der Waals surface area contributed by atoms with Gasteiger partial charge < -0.3 is 9.47 Å². The quantitative estimate of drug-likeness (QED) is 0.713. The first-order valence-electron chi connectivity index (χ1n) is 8.61. The predicted molar refractivity (Wildman–Crippen MR) is 102 cm³/mol. The first-order chi connectivity index (χ1) is 11.5. The lowest BCUT2D eigenvalue weighted by atomic mass is 9.95. The zero-order chi connectivity index (χ0) is 17.4. The van der Waals surface area contributed by atoms with Crippen LogP contribution in [0.4, 0.5) is 5.82 Å². The normalized spacial score (nSPS) is 11.2. The standard InChI is InChI=1S/C20H26N4/c1-7-24(8-2)20-19-18(21-12-22-20)16(11-23(19)6)17-14(4)9-13(3)10-15(17)5/h9-12H,7-8H2,1-6H3. The Balaban J connectivity index is 2.32. The molecule has 3 aromatic rings. The lowest BCUT2D eigenvalue weighted by Crippen LogP contribution is -2.23. The van der Waals surface area contributed by atoms with Crippen LogP contribution in [0.15, 0.2) is 24.7 Å². The number of hydrogen-bond donors (Lipinski definition) is 0. The topological polar surface area (TPSA) is 34.0 Å². The second-order valence-electron chi connectivity index (χ2n) is 6.49. The summed E-state index contributed by atoms with van der Waals surface area (Å²) >= 11 is 0. The number of rotatable bonds is 4. The van der Waals surface area contributed by atoms with Gasteiger partial charge in [-0.3, -0.25) is 0 Å². The van der Waals surface area contributed by atoms with Crippen molar-refractivity contribution in [3.63, 3.8) is 0 Å². The minimum absolute atomic E-state index is 0.936. The summed E-state index contributed by atoms with van der Waals surface area (Å²) in [4.78, 5) is 11.5. The lowest BCUT2D eigenvalue weighted by molar-refractivity contribution is 0.839. The molecule has 0 fully saturated rings. The molecule has 24 heavy (non-hydrogen) atoms. The van der Waals surface area contributed by atoms with Crippen molar-refractivity contribution in [1.29, 1.82) is 0 Å². The number of aromatic nitrogens is 3. The molecule has 0 saturated carbocycles. The van der Waals surface area contributed by atoms with Gasteiger partial charge in [-0.25, -0.2) is 9.97 Å². The highest BCUT2D eigenvalue weighted by Gasteiger charge is 2.19. The van der Waals surface area contributed by atoms with E-state index in [-0.39, 0.29) is 0 Å². The Hall–Kier alpha value is -2.36. The summed E-state index contributed by atoms with van der Waals surface area (Å²) in [6, 6.07) is 4.49. The molecule has 0 N–H and O–H groups in total. The van der Waals surface area contributed by atoms with Gasteiger partial charge in [-0.2, -0.15) is 0 Å². The van der Waals surface area contributed by atoms with Gasteiger partial charge in [0.2, 0.25) is 0 Å². The molecule has 0 aliphatic heterocycles. The third kappa shape index (κ3) is 2.56. The summed E-state index contributed by atoms with van der Waals surface area (Å²) in [5.41, 5.74) is 8.51. The Morgan fingerprint density at radius 1 is 1.00 bits per heavy atom. The average molecular weight is 322 g/mol. The maximum Gasteiger partial charge on any atom is 0.156 e. The Kier molecular flexibility index (Phi) is 4.31. The van der Waals surface area contributed by atoms with E-state index in [9.17, 15) is 0 Å². The van der Waals surface area contributed by atoms with Crippen LogP contribution in [0.2, 0.25) is 0 Å². The molecule has 2 heterocycles. The largest absolute Gasteiger partial charge is 0.355 e. The van der Waals surface area contributed by atoms with Crippen molar-refractivity contribution in [2.24, 2.45) is 7.05 Å². The fourth-order valence-corrected chi connectivity index (χ4v) is 3.75. The summed E-state index contributed by atoms with van der Waals surface area (Å²) in [6.45, 7) is 12.7. The summed E-state index contributed by atoms with van der Waals surface area (Å²) in [7, 11) is 2.08. The van der Waals surface area contributed by atoms with Crippen LogP contribution in [0.5, 0.6) is 0 Å². The molecule has 0 radical (unpaired) electrons. The van der Waals surface area contributed by atoms with Crippen LogP contribution in [0.3, 0.4) is 0 Å². The lowest BCUT2D eigenvalue weighted by Gasteiger charge is -2.20. The van der Waals surface area contributed by atoms with Gasteiger partial charge in [-0.05, 0) is 51.3 Å². The highest BCUT2D eigenvalue weighted by atomic mass is 15.2. The van der Waals surface area contributed by atoms with Gasteiger partial charge in [0.25, 0.3) is 0 Å². The van der Waals surface area contributed by atoms with Crippen LogP contribution in [0.1, 0.15) is 30.5 Å². The summed E-state index contributed by atoms with van der Waals surface area (Å²) in [5.74, 6) is 1.01. The SMILES string of the molecule is CCN(CC)c1ncnc2c(-c3c(C)cc(C)cc3C)cn(C)c12. The number of benzene rings is 1. The molecule has 4 heteroatoms. The van der Waals surface area contributed by atoms with Gasteiger partial charge in [0.05, 0.1) is 0 Å². The summed E-state index contributed by atoms with van der Waals surface area (Å²) in [5, 5.41) is 0. The molecular formula is C20H26N4. The van der Waals surface area contributed by atoms with Crippen molar-refractivity contribution in [1.82, 2.24) is 14.5 Å². The van der Waals surface area contributed by atoms with E-state index >= 15 is 0 Å². The Morgan fingerprint density at radius 3 is 2.21 bits per heavy atom. The van der Waals surface area contributed by atoms with E-state index in [4.69, 9.17) is 0 Å². The van der Waals surface area contributed by atoms with Crippen LogP contribution < -0.4 is 4.90 Å². The molecular weight excluding hydrogens is 296 g/mol. The third-order valence-electron chi connectivity index (χ3n) is 4.74. The molecule has 0 spiro atoms. The predicted octanol–water partition coefficient (Wildman–Crippen LogP) is 4.41. The van der Waals surface area contributed by atoms with Crippen molar-refractivity contribution in [2.75, 3.05) is 18.0 Å². The van der Waals surface area contributed by atoms with Crippen molar-refractivity contribution >= 4 is 16.9 Å². The molecule has 3 rings (SSSR count). The summed E-state index contributed by atoms with van der Waals surface area (Å²) < 4.78 is 2.16. The smallest absolute Gasteiger partial charge is 0.156 e. The third-order valence-corrected chi connectivity index (χ3v) is 4.74. The van der Waals surface area contributed by atoms with E-state index in [1.807, 2.05) is 0 Å². The number of hydrogen-bond acceptors (Lipinski definition) is 3. The highest BCUT2D eigenvalue weighted by Crippen LogP contribution is 2.36. The zero-order valence-corrected chi connectivity index (χ0v) is 15.5. The van der Waals surface area contributed by atoms with Gasteiger partial charge >= 0.3 is 0 Å². The maximum atomic E-state index is 4.64. The van der Waals surface area contributed by atoms with Gasteiger partial charge in [-0.15, -0.1) is 0 Å². The number of fused-ring (bicyclic) bond motifs is 1. The van der Waals surface area contributed by atoms with Crippen molar-refractivity contribution < 1.29 is 0 Å². The molecule has 0 bridgehead atoms. The molecule has 0 atom stereocenters. The number of nitrogens with zero attached hydrogens (tertiary/aromatic N) is 4. The molecule has 1 aromatic carbocycles. The minimum atomic E-state index is 0.936. The van der Waals surface area contributed by atoms with E-state index in [1.165, 1.54) is 27.8 Å². The van der Waals surface area contributed by atoms with Crippen LogP contribution in [-0.4, -0.2) is 27.6 Å². The van der Waals surface area contributed by atoms with Gasteiger partial charge in [-0.1, -0.05) is 17.7 Å². The van der Waals surface area contributed by atoms with Crippen LogP contribution in [0.25, 0.3) is 22.2 Å². The molecule has 0 aliphatic carbocycles. The first-order valence-corrected chi connectivity index (χ1v) is 8.61. The van der Waals surface area contributed by atoms with E-state index in [1.54, 1.807) is 6.33 Å². The van der Waals surface area contributed by atoms with Crippen LogP contribution in [-0.2, 0) is 7.05 Å². The van der Waals surface area contributed by atoms with Crippen LogP contribution >= 0.6 is 0 Å². The molecule has 0 saturated heterocycles. The second kappa shape index (κ2) is 6.27. The fraction of sp³-hybridized carbons (Fsp3) is 0.400. The number of aryl methyl sites for hydroxylation is 4. The zero-order valence-electron chi connectivity index (χ0n) is 15.5. The Bertz CT molecular complexity index is 865. The van der Waals surface area contributed by atoms with Crippen molar-refractivity contribution in [3.05, 3.63) is 41.3 Å². The maximum absolute atomic E-state index is 4.64. The van der Waals surface area contributed by atoms with E-state index < -0.39 is 0 Å². The van der Waals surface area contributed by atoms with Gasteiger partial charge in [0, 0.05) is 31.9 Å². The average Bonchev–Trinajstić information content (AvgIpc) is 2.85. The fourth-order valence-electron chi connectivity index (χ4n) is 3.75. The molecule has 126 valence electrons. The van der Waals surface area contributed by atoms with E-state index in [0.29, 0.717) is 0 Å². The van der Waals surface area contributed by atoms with E-state index in [0.717, 1.165) is 29.9 Å². The van der Waals surface area contributed by atoms with Crippen molar-refractivity contribution in [2.45, 2.75) is 34.6 Å². The van der Waals surface area contributed by atoms with Gasteiger partial charge in [0.1, 0.15) is 17.4 Å². The molecule has 0 aliphatic rings. The molecule has 0 unspecified atom stereocenters. The Morgan fingerprint density at radius 2 is 1.62 bits per heavy atom. The van der Waals surface area contributed by atoms with Crippen LogP contribution in [0, 0.1) is 20.8 Å². The van der Waals surface area contributed by atoms with Crippen molar-refractivity contribution in [3.8, 4) is 11.1 Å².